The lowest BCUT2D eigenvalue weighted by atomic mass is 10.0. The molecule has 8 bridgehead atoms. The quantitative estimate of drug-likeness (QED) is 0.113. The van der Waals surface area contributed by atoms with E-state index in [0.29, 0.717) is 61.2 Å². The molecule has 7 aromatic rings. The SMILES string of the molecule is O=[N+]([O-])c1ccc(-c2c3nc(c4ccc([nH]4)c(-c4ccc([N+](=O)[O-])c(F)c4)c4ccc([nH]4)c(-c4ccc([N+](=O)[O-])c(F)c4)c4ccc2[nH]4)C=C3)cc1F. The van der Waals surface area contributed by atoms with E-state index < -0.39 is 49.3 Å². The Bertz CT molecular complexity index is 2890. The van der Waals surface area contributed by atoms with Gasteiger partial charge in [0.05, 0.1) is 31.7 Å². The summed E-state index contributed by atoms with van der Waals surface area (Å²) in [7, 11) is 0. The maximum Gasteiger partial charge on any atom is 0.304 e. The zero-order valence-corrected chi connectivity index (χ0v) is 26.7. The number of fused-ring (bicyclic) bond motifs is 9. The fourth-order valence-corrected chi connectivity index (χ4v) is 6.50. The largest absolute Gasteiger partial charge is 0.354 e. The van der Waals surface area contributed by atoms with E-state index >= 15 is 13.2 Å². The first-order valence-electron chi connectivity index (χ1n) is 15.6. The van der Waals surface area contributed by atoms with Gasteiger partial charge in [0.2, 0.25) is 17.5 Å². The van der Waals surface area contributed by atoms with Crippen molar-refractivity contribution in [1.29, 1.82) is 0 Å². The van der Waals surface area contributed by atoms with Crippen LogP contribution < -0.4 is 0 Å². The first-order chi connectivity index (χ1) is 25.5. The van der Waals surface area contributed by atoms with E-state index in [2.05, 4.69) is 15.0 Å². The predicted molar refractivity (Wildman–Crippen MR) is 191 cm³/mol. The second-order valence-corrected chi connectivity index (χ2v) is 12.0. The highest BCUT2D eigenvalue weighted by Gasteiger charge is 2.21. The van der Waals surface area contributed by atoms with Crippen LogP contribution in [0.25, 0.3) is 78.6 Å². The summed E-state index contributed by atoms with van der Waals surface area (Å²) in [6.07, 6.45) is 3.39. The lowest BCUT2D eigenvalue weighted by molar-refractivity contribution is -0.387. The number of nitrogens with one attached hydrogen (secondary N) is 3. The molecule has 0 fully saturated rings. The molecule has 5 heterocycles. The summed E-state index contributed by atoms with van der Waals surface area (Å²) >= 11 is 0. The molecule has 13 nitrogen and oxygen atoms in total. The molecule has 8 rings (SSSR count). The number of aromatic nitrogens is 4. The Kier molecular flexibility index (Phi) is 7.56. The number of aromatic amines is 3. The monoisotopic (exact) mass is 715 g/mol. The maximum atomic E-state index is 15.2. The lowest BCUT2D eigenvalue weighted by Crippen LogP contribution is -1.94. The van der Waals surface area contributed by atoms with Gasteiger partial charge in [-0.25, -0.2) is 4.98 Å². The van der Waals surface area contributed by atoms with Crippen molar-refractivity contribution < 1.29 is 27.9 Å². The van der Waals surface area contributed by atoms with Gasteiger partial charge in [-0.2, -0.15) is 13.2 Å². The highest BCUT2D eigenvalue weighted by molar-refractivity contribution is 6.00. The second-order valence-electron chi connectivity index (χ2n) is 12.0. The molecule has 0 saturated heterocycles. The standard InChI is InChI=1S/C37H20F3N7O6/c38-21-15-18(1-12-32(21)45(48)49)35-26-6-4-24(41-26)25-5-7-27(42-25)36(19-2-13-33(46(50)51)22(39)16-19)29-9-11-31(44-29)37(30-10-8-28(35)43-30)20-3-14-34(47(52)53)23(40)17-20/h1-17,41,43-44H. The molecule has 0 aliphatic carbocycles. The van der Waals surface area contributed by atoms with Crippen LogP contribution in [0.2, 0.25) is 0 Å². The highest BCUT2D eigenvalue weighted by atomic mass is 19.1. The minimum Gasteiger partial charge on any atom is -0.354 e. The molecule has 3 aromatic carbocycles. The van der Waals surface area contributed by atoms with E-state index in [-0.39, 0.29) is 16.7 Å². The average Bonchev–Trinajstić information content (AvgIpc) is 3.94. The number of nitro benzene ring substituents is 3. The van der Waals surface area contributed by atoms with Crippen LogP contribution in [0.1, 0.15) is 11.4 Å². The summed E-state index contributed by atoms with van der Waals surface area (Å²) < 4.78 is 45.3. The molecule has 16 heteroatoms. The van der Waals surface area contributed by atoms with E-state index in [0.717, 1.165) is 36.4 Å². The second kappa shape index (κ2) is 12.3. The van der Waals surface area contributed by atoms with Crippen LogP contribution in [-0.4, -0.2) is 34.7 Å². The third-order valence-corrected chi connectivity index (χ3v) is 8.88. The number of nitrogens with zero attached hydrogens (tertiary/aromatic N) is 4. The Labute approximate surface area is 293 Å². The van der Waals surface area contributed by atoms with E-state index in [4.69, 9.17) is 4.98 Å². The van der Waals surface area contributed by atoms with Gasteiger partial charge in [-0.3, -0.25) is 30.3 Å². The van der Waals surface area contributed by atoms with E-state index in [1.54, 1.807) is 48.6 Å². The van der Waals surface area contributed by atoms with E-state index in [9.17, 15) is 30.3 Å². The Morgan fingerprint density at radius 3 is 1.13 bits per heavy atom. The van der Waals surface area contributed by atoms with Crippen LogP contribution in [0.3, 0.4) is 0 Å². The fraction of sp³-hybridized carbons (Fsp3) is 0. The molecular weight excluding hydrogens is 695 g/mol. The number of hydrogen-bond acceptors (Lipinski definition) is 7. The van der Waals surface area contributed by atoms with Crippen molar-refractivity contribution in [3.05, 3.63) is 150 Å². The number of hydrogen-bond donors (Lipinski definition) is 3. The minimum absolute atomic E-state index is 0.223. The van der Waals surface area contributed by atoms with Crippen molar-refractivity contribution in [2.75, 3.05) is 0 Å². The molecule has 53 heavy (non-hydrogen) atoms. The minimum atomic E-state index is -1.09. The highest BCUT2D eigenvalue weighted by Crippen LogP contribution is 2.38. The molecule has 0 spiro atoms. The van der Waals surface area contributed by atoms with Crippen molar-refractivity contribution in [2.24, 2.45) is 0 Å². The number of nitro groups is 3. The summed E-state index contributed by atoms with van der Waals surface area (Å²) in [5.74, 6) is -3.22. The third-order valence-electron chi connectivity index (χ3n) is 8.88. The van der Waals surface area contributed by atoms with Gasteiger partial charge in [0.1, 0.15) is 0 Å². The molecule has 0 amide bonds. The molecule has 1 aliphatic rings. The van der Waals surface area contributed by atoms with Gasteiger partial charge in [0.25, 0.3) is 0 Å². The van der Waals surface area contributed by atoms with Gasteiger partial charge < -0.3 is 15.0 Å². The normalized spacial score (nSPS) is 11.7. The van der Waals surface area contributed by atoms with Gasteiger partial charge in [-0.05, 0) is 102 Å². The van der Waals surface area contributed by atoms with Crippen molar-refractivity contribution in [1.82, 2.24) is 19.9 Å². The fourth-order valence-electron chi connectivity index (χ4n) is 6.50. The van der Waals surface area contributed by atoms with E-state index in [1.165, 1.54) is 18.2 Å². The van der Waals surface area contributed by atoms with Gasteiger partial charge >= 0.3 is 17.1 Å². The Hall–Kier alpha value is -7.62. The number of halogens is 3. The Balaban J connectivity index is 1.52. The predicted octanol–water partition coefficient (Wildman–Crippen LogP) is 9.84. The average molecular weight is 716 g/mol. The molecule has 1 aliphatic heterocycles. The van der Waals surface area contributed by atoms with Gasteiger partial charge in [-0.1, -0.05) is 0 Å². The molecule has 3 N–H and O–H groups in total. The van der Waals surface area contributed by atoms with Crippen LogP contribution in [-0.2, 0) is 0 Å². The van der Waals surface area contributed by atoms with Gasteiger partial charge in [0, 0.05) is 62.5 Å². The third kappa shape index (κ3) is 5.59. The van der Waals surface area contributed by atoms with Crippen molar-refractivity contribution in [3.63, 3.8) is 0 Å². The number of benzene rings is 3. The molecule has 4 aromatic heterocycles. The number of H-pyrrole nitrogens is 3. The van der Waals surface area contributed by atoms with Crippen molar-refractivity contribution >= 4 is 62.3 Å². The zero-order chi connectivity index (χ0) is 37.1. The lowest BCUT2D eigenvalue weighted by Gasteiger charge is -2.06. The summed E-state index contributed by atoms with van der Waals surface area (Å²) in [6.45, 7) is 0. The van der Waals surface area contributed by atoms with Crippen LogP contribution in [0.5, 0.6) is 0 Å². The van der Waals surface area contributed by atoms with E-state index in [1.807, 2.05) is 0 Å². The Morgan fingerprint density at radius 2 is 0.755 bits per heavy atom. The topological polar surface area (TPSA) is 190 Å². The summed E-state index contributed by atoms with van der Waals surface area (Å²) in [6, 6.07) is 20.5. The maximum absolute atomic E-state index is 15.2. The van der Waals surface area contributed by atoms with Crippen molar-refractivity contribution in [2.45, 2.75) is 0 Å². The first kappa shape index (κ1) is 32.6. The molecular formula is C37H20F3N7O6. The van der Waals surface area contributed by atoms with Crippen LogP contribution in [0, 0.1) is 47.8 Å². The summed E-state index contributed by atoms with van der Waals surface area (Å²) in [5.41, 5.74) is 3.12. The van der Waals surface area contributed by atoms with Gasteiger partial charge in [0.15, 0.2) is 0 Å². The molecule has 0 unspecified atom stereocenters. The molecule has 260 valence electrons. The van der Waals surface area contributed by atoms with Crippen LogP contribution in [0.4, 0.5) is 30.2 Å². The van der Waals surface area contributed by atoms with Gasteiger partial charge in [-0.15, -0.1) is 0 Å². The molecule has 0 radical (unpaired) electrons. The molecule has 0 atom stereocenters. The zero-order valence-electron chi connectivity index (χ0n) is 26.7. The smallest absolute Gasteiger partial charge is 0.304 e. The van der Waals surface area contributed by atoms with Crippen molar-refractivity contribution in [3.8, 4) is 33.4 Å². The first-order valence-corrected chi connectivity index (χ1v) is 15.6. The van der Waals surface area contributed by atoms with Crippen LogP contribution in [0.15, 0.2) is 91.0 Å². The van der Waals surface area contributed by atoms with Crippen LogP contribution >= 0.6 is 0 Å². The number of rotatable bonds is 6. The Morgan fingerprint density at radius 1 is 0.434 bits per heavy atom. The summed E-state index contributed by atoms with van der Waals surface area (Å²) in [4.78, 5) is 46.4. The molecule has 0 saturated carbocycles. The summed E-state index contributed by atoms with van der Waals surface area (Å²) in [5, 5.41) is 34.3.